The minimum absolute atomic E-state index is 0.367. The molecule has 1 N–H and O–H groups in total. The van der Waals surface area contributed by atoms with Gasteiger partial charge in [-0.15, -0.1) is 0 Å². The first-order valence-corrected chi connectivity index (χ1v) is 6.64. The zero-order valence-corrected chi connectivity index (χ0v) is 11.5. The van der Waals surface area contributed by atoms with Gasteiger partial charge >= 0.3 is 0 Å². The van der Waals surface area contributed by atoms with Crippen LogP contribution in [0, 0.1) is 5.92 Å². The molecule has 3 nitrogen and oxygen atoms in total. The van der Waals surface area contributed by atoms with Gasteiger partial charge in [-0.2, -0.15) is 0 Å². The molecule has 1 unspecified atom stereocenters. The van der Waals surface area contributed by atoms with E-state index in [4.69, 9.17) is 4.74 Å². The summed E-state index contributed by atoms with van der Waals surface area (Å²) in [5, 5.41) is 3.47. The van der Waals surface area contributed by atoms with E-state index in [1.807, 2.05) is 0 Å². The molecule has 1 aliphatic rings. The van der Waals surface area contributed by atoms with Crippen molar-refractivity contribution in [3.8, 4) is 0 Å². The lowest BCUT2D eigenvalue weighted by molar-refractivity contribution is -0.0850. The number of rotatable bonds is 5. The second-order valence-electron chi connectivity index (χ2n) is 5.33. The summed E-state index contributed by atoms with van der Waals surface area (Å²) >= 11 is 0. The van der Waals surface area contributed by atoms with Crippen molar-refractivity contribution in [3.63, 3.8) is 0 Å². The Labute approximate surface area is 101 Å². The van der Waals surface area contributed by atoms with E-state index in [9.17, 15) is 0 Å². The average Bonchev–Trinajstić information content (AvgIpc) is 2.16. The Morgan fingerprint density at radius 2 is 1.81 bits per heavy atom. The Kier molecular flexibility index (Phi) is 5.73. The number of ether oxygens (including phenoxy) is 1. The molecule has 1 saturated heterocycles. The van der Waals surface area contributed by atoms with Crippen molar-refractivity contribution in [1.29, 1.82) is 0 Å². The molecule has 16 heavy (non-hydrogen) atoms. The van der Waals surface area contributed by atoms with Crippen LogP contribution in [0.15, 0.2) is 0 Å². The fourth-order valence-electron chi connectivity index (χ4n) is 2.57. The standard InChI is InChI=1S/C13H28N2O/c1-6-14-7-13(10(2)3)15-8-11(4)16-12(5)9-15/h10-14H,6-9H2,1-5H3/t11-,12+,13?. The van der Waals surface area contributed by atoms with Crippen LogP contribution in [0.3, 0.4) is 0 Å². The molecule has 0 spiro atoms. The first-order chi connectivity index (χ1) is 7.54. The third kappa shape index (κ3) is 4.04. The Morgan fingerprint density at radius 1 is 1.25 bits per heavy atom. The predicted octanol–water partition coefficient (Wildman–Crippen LogP) is 1.73. The quantitative estimate of drug-likeness (QED) is 0.775. The van der Waals surface area contributed by atoms with E-state index in [-0.39, 0.29) is 0 Å². The minimum Gasteiger partial charge on any atom is -0.373 e. The highest BCUT2D eigenvalue weighted by Crippen LogP contribution is 2.17. The molecule has 0 aromatic carbocycles. The number of morpholine rings is 1. The van der Waals surface area contributed by atoms with Crippen molar-refractivity contribution >= 4 is 0 Å². The Bertz CT molecular complexity index is 186. The highest BCUT2D eigenvalue weighted by atomic mass is 16.5. The normalized spacial score (nSPS) is 29.6. The molecule has 0 saturated carbocycles. The zero-order valence-electron chi connectivity index (χ0n) is 11.5. The molecule has 0 aliphatic carbocycles. The maximum absolute atomic E-state index is 5.79. The topological polar surface area (TPSA) is 24.5 Å². The van der Waals surface area contributed by atoms with E-state index in [0.29, 0.717) is 24.2 Å². The van der Waals surface area contributed by atoms with Crippen LogP contribution < -0.4 is 5.32 Å². The van der Waals surface area contributed by atoms with E-state index >= 15 is 0 Å². The van der Waals surface area contributed by atoms with Crippen molar-refractivity contribution in [2.24, 2.45) is 5.92 Å². The van der Waals surface area contributed by atoms with Crippen molar-refractivity contribution < 1.29 is 4.74 Å². The fraction of sp³-hybridized carbons (Fsp3) is 1.00. The predicted molar refractivity (Wildman–Crippen MR) is 68.8 cm³/mol. The molecule has 3 heteroatoms. The maximum Gasteiger partial charge on any atom is 0.0678 e. The van der Waals surface area contributed by atoms with E-state index in [1.54, 1.807) is 0 Å². The van der Waals surface area contributed by atoms with Gasteiger partial charge in [-0.3, -0.25) is 4.90 Å². The van der Waals surface area contributed by atoms with Crippen LogP contribution in [0.5, 0.6) is 0 Å². The van der Waals surface area contributed by atoms with Gasteiger partial charge in [0.2, 0.25) is 0 Å². The van der Waals surface area contributed by atoms with Crippen LogP contribution in [-0.2, 0) is 4.74 Å². The molecule has 1 heterocycles. The molecule has 1 rings (SSSR count). The van der Waals surface area contributed by atoms with Gasteiger partial charge < -0.3 is 10.1 Å². The summed E-state index contributed by atoms with van der Waals surface area (Å²) in [6.07, 6.45) is 0.734. The van der Waals surface area contributed by atoms with Gasteiger partial charge in [0.1, 0.15) is 0 Å². The third-order valence-electron chi connectivity index (χ3n) is 3.29. The van der Waals surface area contributed by atoms with Crippen LogP contribution in [0.4, 0.5) is 0 Å². The van der Waals surface area contributed by atoms with Gasteiger partial charge in [0.05, 0.1) is 12.2 Å². The Hall–Kier alpha value is -0.120. The second kappa shape index (κ2) is 6.58. The van der Waals surface area contributed by atoms with E-state index in [0.717, 1.165) is 26.2 Å². The number of nitrogens with zero attached hydrogens (tertiary/aromatic N) is 1. The highest BCUT2D eigenvalue weighted by Gasteiger charge is 2.29. The average molecular weight is 228 g/mol. The molecule has 0 aromatic rings. The van der Waals surface area contributed by atoms with Gasteiger partial charge in [-0.25, -0.2) is 0 Å². The number of hydrogen-bond donors (Lipinski definition) is 1. The van der Waals surface area contributed by atoms with Crippen molar-refractivity contribution in [1.82, 2.24) is 10.2 Å². The number of nitrogens with one attached hydrogen (secondary N) is 1. The van der Waals surface area contributed by atoms with Crippen LogP contribution >= 0.6 is 0 Å². The lowest BCUT2D eigenvalue weighted by Crippen LogP contribution is -2.54. The SMILES string of the molecule is CCNCC(C(C)C)N1C[C@@H](C)O[C@@H](C)C1. The van der Waals surface area contributed by atoms with Gasteiger partial charge in [-0.1, -0.05) is 20.8 Å². The second-order valence-corrected chi connectivity index (χ2v) is 5.33. The Balaban J connectivity index is 2.55. The lowest BCUT2D eigenvalue weighted by Gasteiger charge is -2.42. The first-order valence-electron chi connectivity index (χ1n) is 6.64. The summed E-state index contributed by atoms with van der Waals surface area (Å²) in [7, 11) is 0. The maximum atomic E-state index is 5.79. The third-order valence-corrected chi connectivity index (χ3v) is 3.29. The lowest BCUT2D eigenvalue weighted by atomic mass is 10.0. The summed E-state index contributed by atoms with van der Waals surface area (Å²) in [5.74, 6) is 0.691. The molecule has 1 aliphatic heterocycles. The number of likely N-dealkylation sites (N-methyl/N-ethyl adjacent to an activating group) is 1. The van der Waals surface area contributed by atoms with Crippen LogP contribution in [0.2, 0.25) is 0 Å². The smallest absolute Gasteiger partial charge is 0.0678 e. The van der Waals surface area contributed by atoms with E-state index in [1.165, 1.54) is 0 Å². The van der Waals surface area contributed by atoms with Crippen molar-refractivity contribution in [3.05, 3.63) is 0 Å². The molecule has 0 bridgehead atoms. The van der Waals surface area contributed by atoms with Crippen LogP contribution in [0.1, 0.15) is 34.6 Å². The van der Waals surface area contributed by atoms with Crippen molar-refractivity contribution in [2.75, 3.05) is 26.2 Å². The van der Waals surface area contributed by atoms with E-state index < -0.39 is 0 Å². The largest absolute Gasteiger partial charge is 0.373 e. The zero-order chi connectivity index (χ0) is 12.1. The summed E-state index contributed by atoms with van der Waals surface area (Å²) < 4.78 is 5.79. The summed E-state index contributed by atoms with van der Waals surface area (Å²) in [6, 6.07) is 0.633. The molecule has 96 valence electrons. The molecule has 0 aromatic heterocycles. The summed E-state index contributed by atoms with van der Waals surface area (Å²) in [4.78, 5) is 2.59. The monoisotopic (exact) mass is 228 g/mol. The molecular weight excluding hydrogens is 200 g/mol. The minimum atomic E-state index is 0.367. The highest BCUT2D eigenvalue weighted by molar-refractivity contribution is 4.83. The van der Waals surface area contributed by atoms with Gasteiger partial charge in [0.15, 0.2) is 0 Å². The van der Waals surface area contributed by atoms with E-state index in [2.05, 4.69) is 44.8 Å². The van der Waals surface area contributed by atoms with Gasteiger partial charge in [-0.05, 0) is 26.3 Å². The molecule has 1 fully saturated rings. The first kappa shape index (κ1) is 13.9. The molecule has 0 radical (unpaired) electrons. The van der Waals surface area contributed by atoms with Crippen LogP contribution in [-0.4, -0.2) is 49.3 Å². The Morgan fingerprint density at radius 3 is 2.25 bits per heavy atom. The van der Waals surface area contributed by atoms with Crippen LogP contribution in [0.25, 0.3) is 0 Å². The molecule has 0 amide bonds. The van der Waals surface area contributed by atoms with Gasteiger partial charge in [0, 0.05) is 25.7 Å². The molecular formula is C13H28N2O. The molecule has 3 atom stereocenters. The summed E-state index contributed by atoms with van der Waals surface area (Å²) in [6.45, 7) is 15.4. The fourth-order valence-corrected chi connectivity index (χ4v) is 2.57. The number of hydrogen-bond acceptors (Lipinski definition) is 3. The summed E-state index contributed by atoms with van der Waals surface area (Å²) in [5.41, 5.74) is 0. The van der Waals surface area contributed by atoms with Gasteiger partial charge in [0.25, 0.3) is 0 Å². The van der Waals surface area contributed by atoms with Crippen molar-refractivity contribution in [2.45, 2.75) is 52.9 Å².